The summed E-state index contributed by atoms with van der Waals surface area (Å²) < 4.78 is 49.0. The zero-order chi connectivity index (χ0) is 59.3. The van der Waals surface area contributed by atoms with E-state index in [0.29, 0.717) is 37.7 Å². The Morgan fingerprint density at radius 3 is 1.71 bits per heavy atom. The monoisotopic (exact) mass is 1140 g/mol. The minimum absolute atomic E-state index is 0.153. The molecule has 80 heavy (non-hydrogen) atoms. The highest BCUT2D eigenvalue weighted by Crippen LogP contribution is 2.76. The highest BCUT2D eigenvalue weighted by Gasteiger charge is 2.76. The van der Waals surface area contributed by atoms with Crippen LogP contribution in [0.1, 0.15) is 115 Å². The summed E-state index contributed by atoms with van der Waals surface area (Å²) in [6.45, 7) is 18.4. The molecule has 26 atom stereocenters. The van der Waals surface area contributed by atoms with Crippen LogP contribution >= 0.6 is 0 Å². The normalized spacial score (nSPS) is 49.0. The number of aliphatic carboxylic acids is 1. The lowest BCUT2D eigenvalue weighted by atomic mass is 9.32. The van der Waals surface area contributed by atoms with Crippen molar-refractivity contribution in [2.24, 2.45) is 50.2 Å². The zero-order valence-corrected chi connectivity index (χ0v) is 47.7. The van der Waals surface area contributed by atoms with Crippen molar-refractivity contribution in [2.75, 3.05) is 19.8 Å². The van der Waals surface area contributed by atoms with Crippen LogP contribution in [0.15, 0.2) is 34.9 Å². The maximum Gasteiger partial charge on any atom is 0.335 e. The molecule has 0 amide bonds. The SMILES string of the molecule is C/C=C(/C)C(=O)O[C@H]1[C@H](OC(=O)/C(C)=C\C)[C@@]2(CO)C(CC1(C)C)C1=CC[C@@H]3[C@@]4(C)CC[C@H](O[C@@H]5O[C@H](C(=O)O)[C@@H](O)[C@H](O[C@@H]6O[C@@H](CO)[C@H](O)[C@H]6O)[C@H]5OC5O[C@H](CO)[C@H](O)[C@H](O)[C@H]5O)C(C)(C)[C@@H]4CC[C@@]3(C)[C@]1(C)[C@@H](O)[C@H]2O. The molecule has 2 unspecified atom stereocenters. The summed E-state index contributed by atoms with van der Waals surface area (Å²) in [5.74, 6) is -4.01. The minimum atomic E-state index is -2.13. The van der Waals surface area contributed by atoms with Crippen molar-refractivity contribution >= 4 is 17.9 Å². The number of rotatable bonds is 14. The Kier molecular flexibility index (Phi) is 17.9. The molecular weight excluding hydrogens is 1050 g/mol. The van der Waals surface area contributed by atoms with Gasteiger partial charge in [-0.3, -0.25) is 0 Å². The van der Waals surface area contributed by atoms with E-state index in [0.717, 1.165) is 5.57 Å². The Balaban J connectivity index is 1.14. The molecule has 23 nitrogen and oxygen atoms in total. The first-order valence-corrected chi connectivity index (χ1v) is 28.1. The maximum atomic E-state index is 13.9. The average Bonchev–Trinajstić information content (AvgIpc) is 3.72. The van der Waals surface area contributed by atoms with E-state index in [1.165, 1.54) is 0 Å². The standard InChI is InChI=1S/C57H88O23/c1-12-24(3)47(71)79-44-45(80-48(72)25(4)13-2)57(23-60)27(20-52(44,5)6)26-14-15-31-54(9)18-17-32(53(7,8)30(54)16-19-55(31,10)56(26,11)42(67)43(57)68)75-51-41(78-50-37(65)35(63)33(61)28(21-58)73-50)39(38(66)40(77-51)46(69)70)76-49-36(64)34(62)29(22-59)74-49/h12-14,27-45,49-51,58-68H,15-23H2,1-11H3,(H,69,70)/b24-12-,25-13-/t27?,28-,29+,30+,31-,32+,33+,34+,35+,36-,37-,38+,39+,40+,41-,42+,43-,44+,45+,49+,50?,51-,54+,55-,56+,57+/m1/s1. The number of aliphatic hydroxyl groups is 11. The third kappa shape index (κ3) is 9.76. The molecule has 4 saturated carbocycles. The van der Waals surface area contributed by atoms with Crippen molar-refractivity contribution < 1.29 is 114 Å². The van der Waals surface area contributed by atoms with Crippen LogP contribution in [-0.2, 0) is 52.3 Å². The summed E-state index contributed by atoms with van der Waals surface area (Å²) in [7, 11) is 0. The lowest BCUT2D eigenvalue weighted by Gasteiger charge is -2.73. The molecule has 3 heterocycles. The van der Waals surface area contributed by atoms with Crippen molar-refractivity contribution in [2.45, 2.75) is 231 Å². The van der Waals surface area contributed by atoms with Crippen LogP contribution in [0.3, 0.4) is 0 Å². The van der Waals surface area contributed by atoms with E-state index in [1.54, 1.807) is 39.8 Å². The topological polar surface area (TPSA) is 368 Å². The molecule has 0 aromatic rings. The molecule has 12 N–H and O–H groups in total. The van der Waals surface area contributed by atoms with E-state index < -0.39 is 193 Å². The minimum Gasteiger partial charge on any atom is -0.479 e. The second kappa shape index (κ2) is 22.7. The number of hydrogen-bond donors (Lipinski definition) is 12. The molecule has 5 aliphatic carbocycles. The first-order valence-electron chi connectivity index (χ1n) is 28.1. The number of allylic oxidation sites excluding steroid dienone is 3. The van der Waals surface area contributed by atoms with E-state index in [2.05, 4.69) is 19.9 Å². The van der Waals surface area contributed by atoms with E-state index in [4.69, 9.17) is 37.9 Å². The van der Waals surface area contributed by atoms with Gasteiger partial charge >= 0.3 is 17.9 Å². The lowest BCUT2D eigenvalue weighted by Crippen LogP contribution is -2.76. The van der Waals surface area contributed by atoms with Gasteiger partial charge in [0.2, 0.25) is 0 Å². The molecule has 23 heteroatoms. The molecule has 454 valence electrons. The second-order valence-corrected chi connectivity index (χ2v) is 26.0. The number of carbonyl (C=O) groups is 3. The Hall–Kier alpha value is -3.05. The van der Waals surface area contributed by atoms with Gasteiger partial charge in [0.25, 0.3) is 0 Å². The number of carboxylic acid groups (broad SMARTS) is 1. The first kappa shape index (κ1) is 63.0. The molecule has 0 aromatic heterocycles. The molecule has 8 aliphatic rings. The molecule has 7 fully saturated rings. The van der Waals surface area contributed by atoms with Gasteiger partial charge in [0.05, 0.1) is 43.5 Å². The van der Waals surface area contributed by atoms with Gasteiger partial charge in [-0.05, 0) is 100 Å². The van der Waals surface area contributed by atoms with Gasteiger partial charge in [-0.25, -0.2) is 14.4 Å². The Bertz CT molecular complexity index is 2390. The van der Waals surface area contributed by atoms with Gasteiger partial charge in [-0.15, -0.1) is 0 Å². The molecule has 0 radical (unpaired) electrons. The molecule has 8 rings (SSSR count). The van der Waals surface area contributed by atoms with Crippen LogP contribution in [0, 0.1) is 50.2 Å². The molecule has 3 saturated heterocycles. The van der Waals surface area contributed by atoms with Crippen LogP contribution < -0.4 is 0 Å². The van der Waals surface area contributed by atoms with Crippen molar-refractivity contribution in [3.8, 4) is 0 Å². The highest BCUT2D eigenvalue weighted by atomic mass is 16.8. The summed E-state index contributed by atoms with van der Waals surface area (Å²) in [5, 5.41) is 134. The van der Waals surface area contributed by atoms with Crippen molar-refractivity contribution in [3.63, 3.8) is 0 Å². The van der Waals surface area contributed by atoms with Crippen LogP contribution in [0.25, 0.3) is 0 Å². The van der Waals surface area contributed by atoms with Gasteiger partial charge in [0.1, 0.15) is 67.1 Å². The Morgan fingerprint density at radius 1 is 0.637 bits per heavy atom. The zero-order valence-electron chi connectivity index (χ0n) is 47.7. The summed E-state index contributed by atoms with van der Waals surface area (Å²) in [6.07, 6.45) is -24.0. The Morgan fingerprint density at radius 2 is 1.18 bits per heavy atom. The summed E-state index contributed by atoms with van der Waals surface area (Å²) in [5.41, 5.74) is -4.40. The molecule has 3 aliphatic heterocycles. The lowest BCUT2D eigenvalue weighted by molar-refractivity contribution is -0.386. The third-order valence-electron chi connectivity index (χ3n) is 21.4. The fraction of sp³-hybridized carbons (Fsp3) is 0.842. The van der Waals surface area contributed by atoms with Crippen LogP contribution in [0.4, 0.5) is 0 Å². The predicted octanol–water partition coefficient (Wildman–Crippen LogP) is 0.263. The highest BCUT2D eigenvalue weighted by molar-refractivity contribution is 5.89. The number of carbonyl (C=O) groups excluding carboxylic acids is 2. The van der Waals surface area contributed by atoms with Gasteiger partial charge < -0.3 is 99.2 Å². The van der Waals surface area contributed by atoms with Crippen LogP contribution in [0.5, 0.6) is 0 Å². The van der Waals surface area contributed by atoms with Gasteiger partial charge in [-0.1, -0.05) is 72.3 Å². The van der Waals surface area contributed by atoms with E-state index in [-0.39, 0.29) is 23.8 Å². The number of ether oxygens (including phenoxy) is 8. The number of fused-ring (bicyclic) bond motifs is 7. The fourth-order valence-electron chi connectivity index (χ4n) is 16.2. The van der Waals surface area contributed by atoms with Crippen molar-refractivity contribution in [3.05, 3.63) is 34.9 Å². The number of aliphatic hydroxyl groups excluding tert-OH is 11. The van der Waals surface area contributed by atoms with E-state index in [9.17, 15) is 75.7 Å². The van der Waals surface area contributed by atoms with Gasteiger partial charge in [0, 0.05) is 22.0 Å². The third-order valence-corrected chi connectivity index (χ3v) is 21.4. The molecule has 0 aromatic carbocycles. The predicted molar refractivity (Wildman–Crippen MR) is 277 cm³/mol. The molecular formula is C57H88O23. The van der Waals surface area contributed by atoms with Crippen LogP contribution in [0.2, 0.25) is 0 Å². The first-order chi connectivity index (χ1) is 37.3. The smallest absolute Gasteiger partial charge is 0.335 e. The average molecular weight is 1140 g/mol. The second-order valence-electron chi connectivity index (χ2n) is 26.0. The number of carboxylic acids is 1. The number of hydrogen-bond acceptors (Lipinski definition) is 22. The van der Waals surface area contributed by atoms with Gasteiger partial charge in [-0.2, -0.15) is 0 Å². The summed E-state index contributed by atoms with van der Waals surface area (Å²) in [6, 6.07) is 0. The van der Waals surface area contributed by atoms with E-state index >= 15 is 0 Å². The molecule has 0 spiro atoms. The maximum absolute atomic E-state index is 13.9. The fourth-order valence-corrected chi connectivity index (χ4v) is 16.2. The quantitative estimate of drug-likeness (QED) is 0.0480. The van der Waals surface area contributed by atoms with Crippen molar-refractivity contribution in [1.82, 2.24) is 0 Å². The summed E-state index contributed by atoms with van der Waals surface area (Å²) in [4.78, 5) is 40.3. The molecule has 0 bridgehead atoms. The largest absolute Gasteiger partial charge is 0.479 e. The van der Waals surface area contributed by atoms with E-state index in [1.807, 2.05) is 34.6 Å². The van der Waals surface area contributed by atoms with Crippen LogP contribution in [-0.4, -0.2) is 216 Å². The Labute approximate surface area is 466 Å². The van der Waals surface area contributed by atoms with Crippen molar-refractivity contribution in [1.29, 1.82) is 0 Å². The number of esters is 2. The summed E-state index contributed by atoms with van der Waals surface area (Å²) >= 11 is 0. The van der Waals surface area contributed by atoms with Gasteiger partial charge in [0.15, 0.2) is 31.1 Å².